The topological polar surface area (TPSA) is 40.7 Å². The Balaban J connectivity index is 2.36. The zero-order valence-electron chi connectivity index (χ0n) is 8.72. The Morgan fingerprint density at radius 3 is 2.85 bits per heavy atom. The predicted molar refractivity (Wildman–Crippen MR) is 54.6 cm³/mol. The molecule has 0 aliphatic carbocycles. The second-order valence-corrected chi connectivity index (χ2v) is 3.43. The minimum Gasteiger partial charge on any atom is -0.309 e. The number of nitrogens with zero attached hydrogens (tertiary/aromatic N) is 1. The maximum atomic E-state index is 4.17. The maximum absolute atomic E-state index is 4.17. The number of aromatic nitrogens is 2. The van der Waals surface area contributed by atoms with E-state index in [2.05, 4.69) is 42.4 Å². The Bertz CT molecular complexity index is 242. The van der Waals surface area contributed by atoms with Crippen molar-refractivity contribution in [2.24, 2.45) is 0 Å². The molecule has 0 radical (unpaired) electrons. The Hall–Kier alpha value is -0.830. The van der Waals surface area contributed by atoms with Crippen molar-refractivity contribution < 1.29 is 0 Å². The molecular weight excluding hydrogens is 162 g/mol. The largest absolute Gasteiger partial charge is 0.309 e. The van der Waals surface area contributed by atoms with E-state index in [1.165, 1.54) is 5.69 Å². The van der Waals surface area contributed by atoms with Crippen LogP contribution in [0.5, 0.6) is 0 Å². The molecule has 2 N–H and O–H groups in total. The smallest absolute Gasteiger partial charge is 0.0622 e. The summed E-state index contributed by atoms with van der Waals surface area (Å²) in [7, 11) is 0. The minimum atomic E-state index is 0.577. The first-order chi connectivity index (χ1) is 6.26. The molecule has 0 aromatic carbocycles. The van der Waals surface area contributed by atoms with Crippen LogP contribution in [0.3, 0.4) is 0 Å². The van der Waals surface area contributed by atoms with Crippen LogP contribution in [0.4, 0.5) is 0 Å². The number of aryl methyl sites for hydroxylation is 1. The van der Waals surface area contributed by atoms with Gasteiger partial charge in [-0.2, -0.15) is 5.10 Å². The Labute approximate surface area is 79.9 Å². The van der Waals surface area contributed by atoms with E-state index in [0.717, 1.165) is 25.1 Å². The molecule has 0 aliphatic rings. The zero-order chi connectivity index (χ0) is 9.68. The number of nitrogens with one attached hydrogen (secondary N) is 2. The number of aromatic amines is 1. The third-order valence-electron chi connectivity index (χ3n) is 2.30. The van der Waals surface area contributed by atoms with Crippen molar-refractivity contribution >= 4 is 0 Å². The molecule has 74 valence electrons. The summed E-state index contributed by atoms with van der Waals surface area (Å²) in [5.74, 6) is 0. The van der Waals surface area contributed by atoms with Crippen LogP contribution in [0.1, 0.15) is 38.6 Å². The molecule has 13 heavy (non-hydrogen) atoms. The molecule has 1 unspecified atom stereocenters. The third kappa shape index (κ3) is 3.19. The van der Waals surface area contributed by atoms with E-state index < -0.39 is 0 Å². The molecule has 3 nitrogen and oxygen atoms in total. The third-order valence-corrected chi connectivity index (χ3v) is 2.30. The van der Waals surface area contributed by atoms with Crippen LogP contribution in [0.15, 0.2) is 6.07 Å². The van der Waals surface area contributed by atoms with Gasteiger partial charge in [0.2, 0.25) is 0 Å². The van der Waals surface area contributed by atoms with Gasteiger partial charge in [0, 0.05) is 18.3 Å². The van der Waals surface area contributed by atoms with Crippen LogP contribution in [-0.4, -0.2) is 16.2 Å². The first-order valence-corrected chi connectivity index (χ1v) is 5.02. The Morgan fingerprint density at radius 1 is 1.54 bits per heavy atom. The van der Waals surface area contributed by atoms with Crippen molar-refractivity contribution in [1.82, 2.24) is 15.5 Å². The number of hydrogen-bond acceptors (Lipinski definition) is 2. The minimum absolute atomic E-state index is 0.577. The van der Waals surface area contributed by atoms with Crippen molar-refractivity contribution in [2.75, 3.05) is 0 Å². The van der Waals surface area contributed by atoms with Crippen molar-refractivity contribution in [1.29, 1.82) is 0 Å². The molecule has 0 fully saturated rings. The van der Waals surface area contributed by atoms with Gasteiger partial charge in [0.1, 0.15) is 0 Å². The van der Waals surface area contributed by atoms with Crippen LogP contribution in [0.25, 0.3) is 0 Å². The van der Waals surface area contributed by atoms with Gasteiger partial charge in [-0.1, -0.05) is 13.8 Å². The molecule has 1 aromatic rings. The molecule has 1 rings (SSSR count). The van der Waals surface area contributed by atoms with Gasteiger partial charge >= 0.3 is 0 Å². The Morgan fingerprint density at radius 2 is 2.31 bits per heavy atom. The second-order valence-electron chi connectivity index (χ2n) is 3.43. The van der Waals surface area contributed by atoms with E-state index in [9.17, 15) is 0 Å². The normalized spacial score (nSPS) is 13.2. The van der Waals surface area contributed by atoms with Gasteiger partial charge in [-0.25, -0.2) is 0 Å². The van der Waals surface area contributed by atoms with Gasteiger partial charge in [0.05, 0.1) is 5.69 Å². The van der Waals surface area contributed by atoms with Crippen molar-refractivity contribution in [3.8, 4) is 0 Å². The molecule has 0 amide bonds. The fourth-order valence-corrected chi connectivity index (χ4v) is 1.11. The summed E-state index contributed by atoms with van der Waals surface area (Å²) in [5, 5.41) is 10.6. The summed E-state index contributed by atoms with van der Waals surface area (Å²) in [6.45, 7) is 7.38. The van der Waals surface area contributed by atoms with Crippen LogP contribution in [0, 0.1) is 0 Å². The summed E-state index contributed by atoms with van der Waals surface area (Å²) in [4.78, 5) is 0. The molecule has 0 saturated heterocycles. The average Bonchev–Trinajstić information content (AvgIpc) is 2.61. The van der Waals surface area contributed by atoms with Crippen LogP contribution in [-0.2, 0) is 13.0 Å². The summed E-state index contributed by atoms with van der Waals surface area (Å²) in [6.07, 6.45) is 2.16. The van der Waals surface area contributed by atoms with Gasteiger partial charge in [-0.15, -0.1) is 0 Å². The van der Waals surface area contributed by atoms with Crippen LogP contribution < -0.4 is 5.32 Å². The first kappa shape index (κ1) is 10.3. The quantitative estimate of drug-likeness (QED) is 0.728. The fourth-order valence-electron chi connectivity index (χ4n) is 1.11. The second kappa shape index (κ2) is 5.02. The van der Waals surface area contributed by atoms with Crippen LogP contribution >= 0.6 is 0 Å². The summed E-state index contributed by atoms with van der Waals surface area (Å²) in [5.41, 5.74) is 2.32. The van der Waals surface area contributed by atoms with Gasteiger partial charge in [-0.05, 0) is 25.8 Å². The van der Waals surface area contributed by atoms with E-state index in [-0.39, 0.29) is 0 Å². The van der Waals surface area contributed by atoms with E-state index in [4.69, 9.17) is 0 Å². The fraction of sp³-hybridized carbons (Fsp3) is 0.700. The Kier molecular flexibility index (Phi) is 3.96. The zero-order valence-corrected chi connectivity index (χ0v) is 8.72. The van der Waals surface area contributed by atoms with Crippen molar-refractivity contribution in [3.05, 3.63) is 17.5 Å². The van der Waals surface area contributed by atoms with Gasteiger partial charge in [0.15, 0.2) is 0 Å². The van der Waals surface area contributed by atoms with Gasteiger partial charge in [0.25, 0.3) is 0 Å². The summed E-state index contributed by atoms with van der Waals surface area (Å²) in [6, 6.07) is 2.70. The molecule has 1 heterocycles. The van der Waals surface area contributed by atoms with E-state index >= 15 is 0 Å². The molecule has 1 atom stereocenters. The van der Waals surface area contributed by atoms with E-state index in [1.807, 2.05) is 0 Å². The predicted octanol–water partition coefficient (Wildman–Crippen LogP) is 1.86. The molecule has 3 heteroatoms. The lowest BCUT2D eigenvalue weighted by atomic mass is 10.2. The SMILES string of the molecule is CCc1cc(CNC(C)CC)[nH]n1. The van der Waals surface area contributed by atoms with Crippen LogP contribution in [0.2, 0.25) is 0 Å². The first-order valence-electron chi connectivity index (χ1n) is 5.02. The lowest BCUT2D eigenvalue weighted by molar-refractivity contribution is 0.528. The van der Waals surface area contributed by atoms with Gasteiger partial charge < -0.3 is 5.32 Å². The number of H-pyrrole nitrogens is 1. The molecule has 0 saturated carbocycles. The molecular formula is C10H19N3. The molecule has 0 spiro atoms. The monoisotopic (exact) mass is 181 g/mol. The highest BCUT2D eigenvalue weighted by molar-refractivity contribution is 5.08. The summed E-state index contributed by atoms with van der Waals surface area (Å²) >= 11 is 0. The van der Waals surface area contributed by atoms with Crippen molar-refractivity contribution in [3.63, 3.8) is 0 Å². The highest BCUT2D eigenvalue weighted by Gasteiger charge is 2.00. The number of rotatable bonds is 5. The molecule has 0 aliphatic heterocycles. The lowest BCUT2D eigenvalue weighted by Gasteiger charge is -2.08. The maximum Gasteiger partial charge on any atom is 0.0622 e. The van der Waals surface area contributed by atoms with Gasteiger partial charge in [-0.3, -0.25) is 5.10 Å². The lowest BCUT2D eigenvalue weighted by Crippen LogP contribution is -2.24. The van der Waals surface area contributed by atoms with E-state index in [1.54, 1.807) is 0 Å². The average molecular weight is 181 g/mol. The standard InChI is InChI=1S/C10H19N3/c1-4-8(3)11-7-10-6-9(5-2)12-13-10/h6,8,11H,4-5,7H2,1-3H3,(H,12,13). The van der Waals surface area contributed by atoms with E-state index in [0.29, 0.717) is 6.04 Å². The highest BCUT2D eigenvalue weighted by atomic mass is 15.1. The van der Waals surface area contributed by atoms with Crippen molar-refractivity contribution in [2.45, 2.75) is 46.2 Å². The summed E-state index contributed by atoms with van der Waals surface area (Å²) < 4.78 is 0. The molecule has 0 bridgehead atoms. The highest BCUT2D eigenvalue weighted by Crippen LogP contribution is 2.00. The molecule has 1 aromatic heterocycles. The number of hydrogen-bond donors (Lipinski definition) is 2.